The van der Waals surface area contributed by atoms with Crippen LogP contribution in [-0.4, -0.2) is 24.7 Å². The molecule has 4 nitrogen and oxygen atoms in total. The van der Waals surface area contributed by atoms with Gasteiger partial charge in [-0.1, -0.05) is 31.2 Å². The smallest absolute Gasteiger partial charge is 0.220 e. The summed E-state index contributed by atoms with van der Waals surface area (Å²) in [4.78, 5) is 12.0. The third kappa shape index (κ3) is 5.61. The van der Waals surface area contributed by atoms with Crippen LogP contribution in [0.15, 0.2) is 48.5 Å². The lowest BCUT2D eigenvalue weighted by Crippen LogP contribution is -2.25. The van der Waals surface area contributed by atoms with E-state index in [1.54, 1.807) is 19.2 Å². The average Bonchev–Trinajstić information content (AvgIpc) is 2.60. The maximum Gasteiger partial charge on any atom is 0.220 e. The molecule has 0 radical (unpaired) electrons. The Labute approximate surface area is 143 Å². The predicted octanol–water partition coefficient (Wildman–Crippen LogP) is 3.64. The molecule has 0 aliphatic carbocycles. The molecule has 0 bridgehead atoms. The normalized spacial score (nSPS) is 11.8. The number of rotatable bonds is 8. The maximum atomic E-state index is 12.0. The molecule has 2 aromatic carbocycles. The molecule has 0 fully saturated rings. The van der Waals surface area contributed by atoms with Gasteiger partial charge in [0.1, 0.15) is 11.5 Å². The Kier molecular flexibility index (Phi) is 6.67. The number of ether oxygens (including phenoxy) is 1. The first-order valence-electron chi connectivity index (χ1n) is 8.27. The molecule has 0 spiro atoms. The third-order valence-electron chi connectivity index (χ3n) is 4.08. The highest BCUT2D eigenvalue weighted by Gasteiger charge is 2.11. The Morgan fingerprint density at radius 1 is 1.12 bits per heavy atom. The highest BCUT2D eigenvalue weighted by Crippen LogP contribution is 2.21. The number of phenolic OH excluding ortho intramolecular Hbond substituents is 1. The second-order valence-electron chi connectivity index (χ2n) is 6.00. The number of amides is 1. The number of carbonyl (C=O) groups excluding carboxylic acids is 1. The number of aryl methyl sites for hydroxylation is 1. The number of benzene rings is 2. The highest BCUT2D eigenvalue weighted by molar-refractivity contribution is 5.76. The van der Waals surface area contributed by atoms with Gasteiger partial charge in [-0.05, 0) is 54.2 Å². The molecule has 0 heterocycles. The molecule has 1 unspecified atom stereocenters. The van der Waals surface area contributed by atoms with Crippen molar-refractivity contribution in [3.8, 4) is 11.5 Å². The standard InChI is InChI=1S/C20H25NO3/c1-15(17-7-11-19(24-2)12-8-17)14-20(23)21-13-3-4-16-5-9-18(22)10-6-16/h5-12,15,22H,3-4,13-14H2,1-2H3,(H,21,23). The lowest BCUT2D eigenvalue weighted by atomic mass is 9.97. The SMILES string of the molecule is COc1ccc(C(C)CC(=O)NCCCc2ccc(O)cc2)cc1. The average molecular weight is 327 g/mol. The van der Waals surface area contributed by atoms with Crippen LogP contribution in [0.2, 0.25) is 0 Å². The predicted molar refractivity (Wildman–Crippen MR) is 95.5 cm³/mol. The van der Waals surface area contributed by atoms with Gasteiger partial charge in [0.05, 0.1) is 7.11 Å². The lowest BCUT2D eigenvalue weighted by molar-refractivity contribution is -0.121. The highest BCUT2D eigenvalue weighted by atomic mass is 16.5. The van der Waals surface area contributed by atoms with Crippen LogP contribution >= 0.6 is 0 Å². The zero-order valence-corrected chi connectivity index (χ0v) is 14.3. The number of phenols is 1. The number of methoxy groups -OCH3 is 1. The van der Waals surface area contributed by atoms with Crippen LogP contribution < -0.4 is 10.1 Å². The zero-order valence-electron chi connectivity index (χ0n) is 14.3. The summed E-state index contributed by atoms with van der Waals surface area (Å²) in [6, 6.07) is 15.0. The van der Waals surface area contributed by atoms with Crippen molar-refractivity contribution in [2.75, 3.05) is 13.7 Å². The Hall–Kier alpha value is -2.49. The number of aromatic hydroxyl groups is 1. The summed E-state index contributed by atoms with van der Waals surface area (Å²) >= 11 is 0. The van der Waals surface area contributed by atoms with Crippen LogP contribution in [0, 0.1) is 0 Å². The molecule has 1 amide bonds. The number of nitrogens with one attached hydrogen (secondary N) is 1. The summed E-state index contributed by atoms with van der Waals surface area (Å²) in [7, 11) is 1.64. The van der Waals surface area contributed by atoms with Crippen LogP contribution in [0.5, 0.6) is 11.5 Å². The molecule has 0 aromatic heterocycles. The first kappa shape index (κ1) is 17.9. The maximum absolute atomic E-state index is 12.0. The zero-order chi connectivity index (χ0) is 17.4. The summed E-state index contributed by atoms with van der Waals surface area (Å²) in [6.07, 6.45) is 2.24. The van der Waals surface area contributed by atoms with Gasteiger partial charge in [-0.2, -0.15) is 0 Å². The monoisotopic (exact) mass is 327 g/mol. The van der Waals surface area contributed by atoms with E-state index in [1.165, 1.54) is 0 Å². The summed E-state index contributed by atoms with van der Waals surface area (Å²) in [5.74, 6) is 1.35. The fourth-order valence-electron chi connectivity index (χ4n) is 2.58. The molecule has 1 atom stereocenters. The van der Waals surface area contributed by atoms with E-state index in [1.807, 2.05) is 36.4 Å². The summed E-state index contributed by atoms with van der Waals surface area (Å²) in [6.45, 7) is 2.72. The molecule has 0 saturated carbocycles. The molecule has 128 valence electrons. The van der Waals surface area contributed by atoms with Gasteiger partial charge in [0.25, 0.3) is 0 Å². The molecule has 0 aliphatic rings. The van der Waals surface area contributed by atoms with Crippen LogP contribution in [0.1, 0.15) is 36.8 Å². The Bertz CT molecular complexity index is 635. The van der Waals surface area contributed by atoms with Crippen molar-refractivity contribution < 1.29 is 14.6 Å². The quantitative estimate of drug-likeness (QED) is 0.728. The lowest BCUT2D eigenvalue weighted by Gasteiger charge is -2.12. The molecule has 2 rings (SSSR count). The van der Waals surface area contributed by atoms with E-state index < -0.39 is 0 Å². The van der Waals surface area contributed by atoms with Crippen LogP contribution in [0.3, 0.4) is 0 Å². The fourth-order valence-corrected chi connectivity index (χ4v) is 2.58. The molecule has 0 saturated heterocycles. The molecule has 24 heavy (non-hydrogen) atoms. The van der Waals surface area contributed by atoms with Crippen LogP contribution in [-0.2, 0) is 11.2 Å². The van der Waals surface area contributed by atoms with E-state index >= 15 is 0 Å². The van der Waals surface area contributed by atoms with Crippen molar-refractivity contribution in [3.05, 3.63) is 59.7 Å². The van der Waals surface area contributed by atoms with Crippen molar-refractivity contribution in [2.24, 2.45) is 0 Å². The minimum Gasteiger partial charge on any atom is -0.508 e. The van der Waals surface area contributed by atoms with E-state index in [0.29, 0.717) is 13.0 Å². The van der Waals surface area contributed by atoms with Crippen molar-refractivity contribution in [1.82, 2.24) is 5.32 Å². The van der Waals surface area contributed by atoms with Crippen LogP contribution in [0.25, 0.3) is 0 Å². The number of hydrogen-bond acceptors (Lipinski definition) is 3. The minimum atomic E-state index is 0.0732. The van der Waals surface area contributed by atoms with Gasteiger partial charge >= 0.3 is 0 Å². The second kappa shape index (κ2) is 8.96. The number of hydrogen-bond donors (Lipinski definition) is 2. The third-order valence-corrected chi connectivity index (χ3v) is 4.08. The van der Waals surface area contributed by atoms with Crippen molar-refractivity contribution >= 4 is 5.91 Å². The van der Waals surface area contributed by atoms with E-state index in [-0.39, 0.29) is 17.6 Å². The van der Waals surface area contributed by atoms with Gasteiger partial charge in [-0.3, -0.25) is 4.79 Å². The molecule has 0 aliphatic heterocycles. The second-order valence-corrected chi connectivity index (χ2v) is 6.00. The first-order valence-corrected chi connectivity index (χ1v) is 8.27. The molecular weight excluding hydrogens is 302 g/mol. The van der Waals surface area contributed by atoms with Crippen molar-refractivity contribution in [3.63, 3.8) is 0 Å². The van der Waals surface area contributed by atoms with Crippen molar-refractivity contribution in [1.29, 1.82) is 0 Å². The summed E-state index contributed by atoms with van der Waals surface area (Å²) in [5.41, 5.74) is 2.30. The summed E-state index contributed by atoms with van der Waals surface area (Å²) < 4.78 is 5.15. The van der Waals surface area contributed by atoms with Gasteiger partial charge in [0.15, 0.2) is 0 Å². The Morgan fingerprint density at radius 2 is 1.79 bits per heavy atom. The molecule has 4 heteroatoms. The van der Waals surface area contributed by atoms with Gasteiger partial charge in [-0.25, -0.2) is 0 Å². The van der Waals surface area contributed by atoms with Gasteiger partial charge in [-0.15, -0.1) is 0 Å². The van der Waals surface area contributed by atoms with Gasteiger partial charge in [0.2, 0.25) is 5.91 Å². The van der Waals surface area contributed by atoms with E-state index in [9.17, 15) is 9.90 Å². The molecular formula is C20H25NO3. The topological polar surface area (TPSA) is 58.6 Å². The van der Waals surface area contributed by atoms with Gasteiger partial charge < -0.3 is 15.2 Å². The van der Waals surface area contributed by atoms with E-state index in [0.717, 1.165) is 29.7 Å². The molecule has 2 N–H and O–H groups in total. The van der Waals surface area contributed by atoms with Crippen LogP contribution in [0.4, 0.5) is 0 Å². The number of carbonyl (C=O) groups is 1. The minimum absolute atomic E-state index is 0.0732. The van der Waals surface area contributed by atoms with Crippen molar-refractivity contribution in [2.45, 2.75) is 32.1 Å². The fraction of sp³-hybridized carbons (Fsp3) is 0.350. The largest absolute Gasteiger partial charge is 0.508 e. The van der Waals surface area contributed by atoms with Gasteiger partial charge in [0, 0.05) is 13.0 Å². The molecule has 2 aromatic rings. The Morgan fingerprint density at radius 3 is 2.42 bits per heavy atom. The Balaban J connectivity index is 1.69. The van der Waals surface area contributed by atoms with E-state index in [2.05, 4.69) is 12.2 Å². The van der Waals surface area contributed by atoms with E-state index in [4.69, 9.17) is 4.74 Å². The first-order chi connectivity index (χ1) is 11.6. The summed E-state index contributed by atoms with van der Waals surface area (Å²) in [5, 5.41) is 12.2.